The van der Waals surface area contributed by atoms with Crippen LogP contribution in [0.4, 0.5) is 0 Å². The minimum absolute atomic E-state index is 0.245. The van der Waals surface area contributed by atoms with E-state index in [9.17, 15) is 0 Å². The number of ether oxygens (including phenoxy) is 1. The molecule has 0 aromatic heterocycles. The van der Waals surface area contributed by atoms with E-state index in [-0.39, 0.29) is 5.54 Å². The van der Waals surface area contributed by atoms with Crippen molar-refractivity contribution in [2.75, 3.05) is 19.7 Å². The van der Waals surface area contributed by atoms with Gasteiger partial charge in [-0.3, -0.25) is 4.90 Å². The first kappa shape index (κ1) is 12.3. The number of nitrogens with zero attached hydrogens (tertiary/aromatic N) is 1. The average Bonchev–Trinajstić information content (AvgIpc) is 2.61. The molecular formula is C13H26N2O. The van der Waals surface area contributed by atoms with Gasteiger partial charge in [-0.1, -0.05) is 6.92 Å². The van der Waals surface area contributed by atoms with Crippen molar-refractivity contribution in [3.8, 4) is 0 Å². The van der Waals surface area contributed by atoms with E-state index in [1.165, 1.54) is 19.4 Å². The Bertz CT molecular complexity index is 246. The lowest BCUT2D eigenvalue weighted by Gasteiger charge is -2.49. The number of nitrogens with one attached hydrogen (secondary N) is 1. The molecule has 1 N–H and O–H groups in total. The number of rotatable bonds is 2. The Kier molecular flexibility index (Phi) is 3.57. The topological polar surface area (TPSA) is 24.5 Å². The maximum absolute atomic E-state index is 5.78. The molecule has 0 amide bonds. The zero-order valence-corrected chi connectivity index (χ0v) is 11.1. The average molecular weight is 226 g/mol. The van der Waals surface area contributed by atoms with Crippen molar-refractivity contribution >= 4 is 0 Å². The normalized spacial score (nSPS) is 46.1. The third-order valence-corrected chi connectivity index (χ3v) is 4.65. The molecule has 2 rings (SSSR count). The standard InChI is InChI=1S/C13H26N2O/c1-5-12-9-15(10(2)8-14-12)13(4)6-7-16-11(13)3/h10-12,14H,5-9H2,1-4H3. The minimum Gasteiger partial charge on any atom is -0.377 e. The molecule has 2 saturated heterocycles. The first-order valence-corrected chi connectivity index (χ1v) is 6.69. The van der Waals surface area contributed by atoms with E-state index < -0.39 is 0 Å². The molecule has 4 atom stereocenters. The molecule has 0 aliphatic carbocycles. The summed E-state index contributed by atoms with van der Waals surface area (Å²) in [5.74, 6) is 0. The fourth-order valence-corrected chi connectivity index (χ4v) is 3.12. The van der Waals surface area contributed by atoms with Crippen LogP contribution in [0.5, 0.6) is 0 Å². The van der Waals surface area contributed by atoms with Crippen molar-refractivity contribution in [2.24, 2.45) is 0 Å². The van der Waals surface area contributed by atoms with Crippen LogP contribution < -0.4 is 5.32 Å². The fourth-order valence-electron chi connectivity index (χ4n) is 3.12. The van der Waals surface area contributed by atoms with Crippen LogP contribution in [0.2, 0.25) is 0 Å². The molecule has 3 heteroatoms. The van der Waals surface area contributed by atoms with Crippen molar-refractivity contribution in [3.63, 3.8) is 0 Å². The van der Waals surface area contributed by atoms with Gasteiger partial charge in [0.25, 0.3) is 0 Å². The molecule has 2 fully saturated rings. The maximum Gasteiger partial charge on any atom is 0.0728 e. The lowest BCUT2D eigenvalue weighted by molar-refractivity contribution is -0.0201. The van der Waals surface area contributed by atoms with Crippen LogP contribution in [-0.2, 0) is 4.74 Å². The van der Waals surface area contributed by atoms with Crippen LogP contribution in [-0.4, -0.2) is 48.3 Å². The molecule has 2 aliphatic rings. The zero-order valence-electron chi connectivity index (χ0n) is 11.1. The molecular weight excluding hydrogens is 200 g/mol. The summed E-state index contributed by atoms with van der Waals surface area (Å²) in [6, 6.07) is 1.28. The van der Waals surface area contributed by atoms with E-state index >= 15 is 0 Å². The monoisotopic (exact) mass is 226 g/mol. The van der Waals surface area contributed by atoms with Crippen LogP contribution in [0.15, 0.2) is 0 Å². The first-order chi connectivity index (χ1) is 7.58. The summed E-state index contributed by atoms with van der Waals surface area (Å²) in [6.45, 7) is 12.4. The summed E-state index contributed by atoms with van der Waals surface area (Å²) in [4.78, 5) is 2.68. The van der Waals surface area contributed by atoms with Gasteiger partial charge in [-0.2, -0.15) is 0 Å². The molecule has 0 aromatic carbocycles. The van der Waals surface area contributed by atoms with Crippen LogP contribution in [0.3, 0.4) is 0 Å². The van der Waals surface area contributed by atoms with Gasteiger partial charge in [0.05, 0.1) is 6.10 Å². The van der Waals surface area contributed by atoms with Gasteiger partial charge in [0.15, 0.2) is 0 Å². The highest BCUT2D eigenvalue weighted by atomic mass is 16.5. The van der Waals surface area contributed by atoms with Gasteiger partial charge in [0, 0.05) is 37.3 Å². The largest absolute Gasteiger partial charge is 0.377 e. The quantitative estimate of drug-likeness (QED) is 0.774. The lowest BCUT2D eigenvalue weighted by atomic mass is 9.88. The van der Waals surface area contributed by atoms with E-state index in [1.54, 1.807) is 0 Å². The molecule has 3 nitrogen and oxygen atoms in total. The fraction of sp³-hybridized carbons (Fsp3) is 1.00. The molecule has 0 aromatic rings. The zero-order chi connectivity index (χ0) is 11.8. The molecule has 0 saturated carbocycles. The van der Waals surface area contributed by atoms with Crippen LogP contribution in [0.25, 0.3) is 0 Å². The van der Waals surface area contributed by atoms with Gasteiger partial charge in [0.2, 0.25) is 0 Å². The Morgan fingerprint density at radius 3 is 2.75 bits per heavy atom. The number of piperazine rings is 1. The number of hydrogen-bond donors (Lipinski definition) is 1. The Hall–Kier alpha value is -0.120. The second-order valence-corrected chi connectivity index (χ2v) is 5.63. The maximum atomic E-state index is 5.78. The van der Waals surface area contributed by atoms with Gasteiger partial charge < -0.3 is 10.1 Å². The van der Waals surface area contributed by atoms with E-state index in [4.69, 9.17) is 4.74 Å². The van der Waals surface area contributed by atoms with Crippen LogP contribution in [0.1, 0.15) is 40.5 Å². The Balaban J connectivity index is 2.11. The van der Waals surface area contributed by atoms with Gasteiger partial charge in [-0.25, -0.2) is 0 Å². The highest BCUT2D eigenvalue weighted by Crippen LogP contribution is 2.34. The Morgan fingerprint density at radius 2 is 2.19 bits per heavy atom. The van der Waals surface area contributed by atoms with Crippen molar-refractivity contribution in [1.29, 1.82) is 0 Å². The predicted molar refractivity (Wildman–Crippen MR) is 66.7 cm³/mol. The SMILES string of the molecule is CCC1CN(C2(C)CCOC2C)C(C)CN1. The van der Waals surface area contributed by atoms with Gasteiger partial charge >= 0.3 is 0 Å². The molecule has 0 radical (unpaired) electrons. The highest BCUT2D eigenvalue weighted by molar-refractivity contribution is 5.00. The molecule has 16 heavy (non-hydrogen) atoms. The van der Waals surface area contributed by atoms with Gasteiger partial charge in [-0.05, 0) is 33.6 Å². The van der Waals surface area contributed by atoms with E-state index in [0.717, 1.165) is 13.2 Å². The molecule has 4 unspecified atom stereocenters. The van der Waals surface area contributed by atoms with Gasteiger partial charge in [0.1, 0.15) is 0 Å². The molecule has 0 spiro atoms. The highest BCUT2D eigenvalue weighted by Gasteiger charge is 2.45. The van der Waals surface area contributed by atoms with Crippen molar-refractivity contribution < 1.29 is 4.74 Å². The molecule has 2 heterocycles. The minimum atomic E-state index is 0.245. The predicted octanol–water partition coefficient (Wildman–Crippen LogP) is 1.63. The summed E-state index contributed by atoms with van der Waals surface area (Å²) >= 11 is 0. The summed E-state index contributed by atoms with van der Waals surface area (Å²) < 4.78 is 5.78. The van der Waals surface area contributed by atoms with Crippen molar-refractivity contribution in [1.82, 2.24) is 10.2 Å². The summed E-state index contributed by atoms with van der Waals surface area (Å²) in [5.41, 5.74) is 0.245. The smallest absolute Gasteiger partial charge is 0.0728 e. The molecule has 94 valence electrons. The number of hydrogen-bond acceptors (Lipinski definition) is 3. The van der Waals surface area contributed by atoms with E-state index in [1.807, 2.05) is 0 Å². The summed E-state index contributed by atoms with van der Waals surface area (Å²) in [5, 5.41) is 3.62. The van der Waals surface area contributed by atoms with Crippen LogP contribution >= 0.6 is 0 Å². The Labute approximate surface area is 99.5 Å². The van der Waals surface area contributed by atoms with Crippen molar-refractivity contribution in [2.45, 2.75) is 64.3 Å². The Morgan fingerprint density at radius 1 is 1.44 bits per heavy atom. The molecule has 2 aliphatic heterocycles. The third-order valence-electron chi connectivity index (χ3n) is 4.65. The third kappa shape index (κ3) is 2.01. The second-order valence-electron chi connectivity index (χ2n) is 5.63. The van der Waals surface area contributed by atoms with Crippen molar-refractivity contribution in [3.05, 3.63) is 0 Å². The second kappa shape index (κ2) is 4.63. The van der Waals surface area contributed by atoms with Gasteiger partial charge in [-0.15, -0.1) is 0 Å². The first-order valence-electron chi connectivity index (χ1n) is 6.69. The molecule has 0 bridgehead atoms. The summed E-state index contributed by atoms with van der Waals surface area (Å²) in [7, 11) is 0. The van der Waals surface area contributed by atoms with E-state index in [2.05, 4.69) is 37.9 Å². The lowest BCUT2D eigenvalue weighted by Crippen LogP contribution is -2.64. The summed E-state index contributed by atoms with van der Waals surface area (Å²) in [6.07, 6.45) is 2.76. The van der Waals surface area contributed by atoms with Crippen LogP contribution in [0, 0.1) is 0 Å². The van der Waals surface area contributed by atoms with E-state index in [0.29, 0.717) is 18.2 Å².